The number of carboxylic acid groups (broad SMARTS) is 1. The Labute approximate surface area is 181 Å². The summed E-state index contributed by atoms with van der Waals surface area (Å²) in [6.07, 6.45) is 6.16. The van der Waals surface area contributed by atoms with Crippen molar-refractivity contribution in [3.8, 4) is 0 Å². The third-order valence-corrected chi connectivity index (χ3v) is 5.72. The van der Waals surface area contributed by atoms with E-state index in [0.29, 0.717) is 11.6 Å². The third-order valence-electron chi connectivity index (χ3n) is 5.72. The first kappa shape index (κ1) is 22.4. The van der Waals surface area contributed by atoms with Gasteiger partial charge in [0, 0.05) is 17.8 Å². The maximum Gasteiger partial charge on any atom is 0.328 e. The fourth-order valence-corrected chi connectivity index (χ4v) is 3.70. The van der Waals surface area contributed by atoms with E-state index in [1.165, 1.54) is 20.0 Å². The lowest BCUT2D eigenvalue weighted by Gasteiger charge is -2.30. The van der Waals surface area contributed by atoms with Crippen LogP contribution in [0.1, 0.15) is 67.2 Å². The molecule has 2 aromatic rings. The van der Waals surface area contributed by atoms with Crippen LogP contribution in [0.15, 0.2) is 36.7 Å². The minimum Gasteiger partial charge on any atom is -0.480 e. The highest BCUT2D eigenvalue weighted by Gasteiger charge is 2.33. The SMILES string of the molecule is Cc1cnc(C(=O)Nc2ccc(C3CCC(C(=O)NC(C)(C)C(=O)O)CC3)cc2)cn1. The lowest BCUT2D eigenvalue weighted by Crippen LogP contribution is -2.51. The van der Waals surface area contributed by atoms with Crippen LogP contribution < -0.4 is 10.6 Å². The Bertz CT molecular complexity index is 947. The molecule has 2 amide bonds. The molecule has 0 bridgehead atoms. The molecule has 1 saturated carbocycles. The first-order chi connectivity index (χ1) is 14.7. The maximum absolute atomic E-state index is 12.4. The van der Waals surface area contributed by atoms with Gasteiger partial charge in [-0.1, -0.05) is 12.1 Å². The van der Waals surface area contributed by atoms with Gasteiger partial charge >= 0.3 is 5.97 Å². The predicted octanol–water partition coefficient (Wildman–Crippen LogP) is 3.29. The number of nitrogens with zero attached hydrogens (tertiary/aromatic N) is 2. The number of nitrogens with one attached hydrogen (secondary N) is 2. The number of benzene rings is 1. The van der Waals surface area contributed by atoms with Gasteiger partial charge in [-0.05, 0) is 70.1 Å². The van der Waals surface area contributed by atoms with E-state index >= 15 is 0 Å². The average Bonchev–Trinajstić information content (AvgIpc) is 2.74. The number of hydrogen-bond acceptors (Lipinski definition) is 5. The molecule has 1 aromatic carbocycles. The Morgan fingerprint density at radius 2 is 1.65 bits per heavy atom. The van der Waals surface area contributed by atoms with Crippen LogP contribution in [0.2, 0.25) is 0 Å². The minimum absolute atomic E-state index is 0.163. The normalized spacial score (nSPS) is 18.8. The molecule has 8 nitrogen and oxygen atoms in total. The van der Waals surface area contributed by atoms with Crippen LogP contribution in [0.4, 0.5) is 5.69 Å². The van der Waals surface area contributed by atoms with E-state index in [1.807, 2.05) is 31.2 Å². The molecule has 1 aliphatic carbocycles. The van der Waals surface area contributed by atoms with Crippen LogP contribution in [0.5, 0.6) is 0 Å². The number of carbonyl (C=O) groups is 3. The lowest BCUT2D eigenvalue weighted by molar-refractivity contribution is -0.146. The predicted molar refractivity (Wildman–Crippen MR) is 116 cm³/mol. The molecule has 1 aliphatic rings. The largest absolute Gasteiger partial charge is 0.480 e. The summed E-state index contributed by atoms with van der Waals surface area (Å²) in [6.45, 7) is 4.79. The Morgan fingerprint density at radius 1 is 1.00 bits per heavy atom. The summed E-state index contributed by atoms with van der Waals surface area (Å²) in [4.78, 5) is 44.1. The van der Waals surface area contributed by atoms with Crippen molar-refractivity contribution in [3.63, 3.8) is 0 Å². The molecule has 164 valence electrons. The summed E-state index contributed by atoms with van der Waals surface area (Å²) in [5.74, 6) is -1.37. The molecule has 1 fully saturated rings. The molecule has 3 rings (SSSR count). The molecular weight excluding hydrogens is 396 g/mol. The smallest absolute Gasteiger partial charge is 0.328 e. The highest BCUT2D eigenvalue weighted by Crippen LogP contribution is 2.36. The number of hydrogen-bond donors (Lipinski definition) is 3. The lowest BCUT2D eigenvalue weighted by atomic mass is 9.78. The van der Waals surface area contributed by atoms with Gasteiger partial charge in [-0.3, -0.25) is 14.6 Å². The van der Waals surface area contributed by atoms with Gasteiger partial charge < -0.3 is 15.7 Å². The Balaban J connectivity index is 1.53. The quantitative estimate of drug-likeness (QED) is 0.654. The van der Waals surface area contributed by atoms with Crippen molar-refractivity contribution in [2.24, 2.45) is 5.92 Å². The van der Waals surface area contributed by atoms with Gasteiger partial charge in [-0.15, -0.1) is 0 Å². The number of aromatic nitrogens is 2. The van der Waals surface area contributed by atoms with Crippen LogP contribution in [-0.2, 0) is 9.59 Å². The second-order valence-electron chi connectivity index (χ2n) is 8.59. The summed E-state index contributed by atoms with van der Waals surface area (Å²) in [5.41, 5.74) is 1.59. The van der Waals surface area contributed by atoms with E-state index in [0.717, 1.165) is 36.9 Å². The van der Waals surface area contributed by atoms with E-state index in [1.54, 1.807) is 6.20 Å². The van der Waals surface area contributed by atoms with Gasteiger partial charge in [0.1, 0.15) is 11.2 Å². The molecule has 0 saturated heterocycles. The van der Waals surface area contributed by atoms with E-state index in [9.17, 15) is 19.5 Å². The van der Waals surface area contributed by atoms with Gasteiger partial charge in [0.05, 0.1) is 11.9 Å². The molecule has 31 heavy (non-hydrogen) atoms. The van der Waals surface area contributed by atoms with E-state index in [-0.39, 0.29) is 23.4 Å². The standard InChI is InChI=1S/C23H28N4O4/c1-14-12-25-19(13-24-14)21(29)26-18-10-8-16(9-11-18)15-4-6-17(7-5-15)20(28)27-23(2,3)22(30)31/h8-13,15,17H,4-7H2,1-3H3,(H,26,29)(H,27,28)(H,30,31). The van der Waals surface area contributed by atoms with E-state index < -0.39 is 11.5 Å². The minimum atomic E-state index is -1.27. The Hall–Kier alpha value is -3.29. The first-order valence-electron chi connectivity index (χ1n) is 10.4. The zero-order valence-corrected chi connectivity index (χ0v) is 18.0. The van der Waals surface area contributed by atoms with Gasteiger partial charge in [0.25, 0.3) is 5.91 Å². The maximum atomic E-state index is 12.4. The zero-order valence-electron chi connectivity index (χ0n) is 18.0. The highest BCUT2D eigenvalue weighted by atomic mass is 16.4. The van der Waals surface area contributed by atoms with E-state index in [4.69, 9.17) is 0 Å². The summed E-state index contributed by atoms with van der Waals surface area (Å²) in [7, 11) is 0. The number of amides is 2. The van der Waals surface area contributed by atoms with Crippen LogP contribution in [0.25, 0.3) is 0 Å². The molecular formula is C23H28N4O4. The topological polar surface area (TPSA) is 121 Å². The van der Waals surface area contributed by atoms with Crippen molar-refractivity contribution in [2.75, 3.05) is 5.32 Å². The molecule has 0 unspecified atom stereocenters. The van der Waals surface area contributed by atoms with Crippen molar-refractivity contribution >= 4 is 23.5 Å². The number of carbonyl (C=O) groups excluding carboxylic acids is 2. The monoisotopic (exact) mass is 424 g/mol. The number of aliphatic carboxylic acids is 1. The number of rotatable bonds is 6. The molecule has 0 aliphatic heterocycles. The average molecular weight is 425 g/mol. The van der Waals surface area contributed by atoms with Crippen molar-refractivity contribution < 1.29 is 19.5 Å². The van der Waals surface area contributed by atoms with Crippen molar-refractivity contribution in [1.82, 2.24) is 15.3 Å². The summed E-state index contributed by atoms with van der Waals surface area (Å²) in [5, 5.41) is 14.6. The van der Waals surface area contributed by atoms with Gasteiger partial charge in [0.15, 0.2) is 0 Å². The van der Waals surface area contributed by atoms with Crippen molar-refractivity contribution in [2.45, 2.75) is 57.9 Å². The van der Waals surface area contributed by atoms with E-state index in [2.05, 4.69) is 20.6 Å². The van der Waals surface area contributed by atoms with Gasteiger partial charge in [0.2, 0.25) is 5.91 Å². The number of carboxylic acids is 1. The molecule has 1 heterocycles. The molecule has 1 aromatic heterocycles. The van der Waals surface area contributed by atoms with Gasteiger partial charge in [-0.25, -0.2) is 9.78 Å². The van der Waals surface area contributed by atoms with Crippen LogP contribution in [-0.4, -0.2) is 38.4 Å². The Morgan fingerprint density at radius 3 is 2.19 bits per heavy atom. The summed E-state index contributed by atoms with van der Waals surface area (Å²) < 4.78 is 0. The molecule has 0 atom stereocenters. The van der Waals surface area contributed by atoms with Crippen LogP contribution >= 0.6 is 0 Å². The van der Waals surface area contributed by atoms with Gasteiger partial charge in [-0.2, -0.15) is 0 Å². The molecule has 0 radical (unpaired) electrons. The highest BCUT2D eigenvalue weighted by molar-refractivity contribution is 6.02. The number of anilines is 1. The zero-order chi connectivity index (χ0) is 22.6. The third kappa shape index (κ3) is 5.65. The van der Waals surface area contributed by atoms with Crippen LogP contribution in [0, 0.1) is 12.8 Å². The second kappa shape index (κ2) is 9.24. The summed E-state index contributed by atoms with van der Waals surface area (Å²) >= 11 is 0. The fourth-order valence-electron chi connectivity index (χ4n) is 3.70. The first-order valence-corrected chi connectivity index (χ1v) is 10.4. The van der Waals surface area contributed by atoms with Crippen molar-refractivity contribution in [1.29, 1.82) is 0 Å². The number of aryl methyl sites for hydroxylation is 1. The van der Waals surface area contributed by atoms with Crippen LogP contribution in [0.3, 0.4) is 0 Å². The molecule has 3 N–H and O–H groups in total. The van der Waals surface area contributed by atoms with Crippen molar-refractivity contribution in [3.05, 3.63) is 53.6 Å². The summed E-state index contributed by atoms with van der Waals surface area (Å²) in [6, 6.07) is 7.72. The molecule has 0 spiro atoms. The fraction of sp³-hybridized carbons (Fsp3) is 0.435. The molecule has 8 heteroatoms. The second-order valence-corrected chi connectivity index (χ2v) is 8.59. The Kier molecular flexibility index (Phi) is 6.68.